The minimum Gasteiger partial charge on any atom is -0.351 e. The van der Waals surface area contributed by atoms with Crippen LogP contribution in [0.1, 0.15) is 35.2 Å². The average molecular weight is 319 g/mol. The molecule has 1 aliphatic rings. The van der Waals surface area contributed by atoms with Crippen molar-refractivity contribution in [2.75, 3.05) is 12.8 Å². The first kappa shape index (κ1) is 16.0. The molecule has 1 aliphatic carbocycles. The zero-order chi connectivity index (χ0) is 15.7. The molecule has 2 rings (SSSR count). The van der Waals surface area contributed by atoms with Gasteiger partial charge in [0.15, 0.2) is 0 Å². The van der Waals surface area contributed by atoms with E-state index in [2.05, 4.69) is 5.32 Å². The zero-order valence-electron chi connectivity index (χ0n) is 11.5. The predicted octanol–water partition coefficient (Wildman–Crippen LogP) is 2.74. The van der Waals surface area contributed by atoms with Gasteiger partial charge in [0.25, 0.3) is 5.91 Å². The number of hydrogen-bond donors (Lipinski definition) is 1. The Labute approximate surface area is 123 Å². The van der Waals surface area contributed by atoms with E-state index in [0.29, 0.717) is 0 Å². The lowest BCUT2D eigenvalue weighted by Gasteiger charge is -2.39. The fourth-order valence-corrected chi connectivity index (χ4v) is 3.46. The topological polar surface area (TPSA) is 46.2 Å². The molecule has 0 spiro atoms. The lowest BCUT2D eigenvalue weighted by Crippen LogP contribution is -2.50. The average Bonchev–Trinajstić information content (AvgIpc) is 2.36. The molecular weight excluding hydrogens is 303 g/mol. The van der Waals surface area contributed by atoms with Gasteiger partial charge in [-0.25, -0.2) is 0 Å². The summed E-state index contributed by atoms with van der Waals surface area (Å²) in [6, 6.07) is 4.28. The Kier molecular flexibility index (Phi) is 4.41. The largest absolute Gasteiger partial charge is 0.416 e. The van der Waals surface area contributed by atoms with Crippen LogP contribution in [0.4, 0.5) is 13.2 Å². The van der Waals surface area contributed by atoms with Gasteiger partial charge in [0.05, 0.1) is 10.3 Å². The summed E-state index contributed by atoms with van der Waals surface area (Å²) in [4.78, 5) is 12.0. The summed E-state index contributed by atoms with van der Waals surface area (Å²) in [5.74, 6) is -0.571. The second kappa shape index (κ2) is 5.79. The summed E-state index contributed by atoms with van der Waals surface area (Å²) >= 11 is 0. The molecule has 1 unspecified atom stereocenters. The first-order valence-electron chi connectivity index (χ1n) is 6.54. The van der Waals surface area contributed by atoms with Gasteiger partial charge in [-0.3, -0.25) is 9.00 Å². The fourth-order valence-electron chi connectivity index (χ4n) is 2.32. The molecule has 3 nitrogen and oxygen atoms in total. The molecule has 1 aromatic rings. The molecule has 21 heavy (non-hydrogen) atoms. The van der Waals surface area contributed by atoms with Crippen molar-refractivity contribution in [3.05, 3.63) is 35.4 Å². The lowest BCUT2D eigenvalue weighted by atomic mass is 9.84. The van der Waals surface area contributed by atoms with Crippen LogP contribution < -0.4 is 5.32 Å². The van der Waals surface area contributed by atoms with Crippen LogP contribution in [0, 0.1) is 0 Å². The third-order valence-corrected chi connectivity index (χ3v) is 5.67. The van der Waals surface area contributed by atoms with Crippen LogP contribution in [0.25, 0.3) is 0 Å². The number of nitrogens with one attached hydrogen (secondary N) is 1. The van der Waals surface area contributed by atoms with Gasteiger partial charge < -0.3 is 5.32 Å². The highest BCUT2D eigenvalue weighted by molar-refractivity contribution is 7.85. The quantitative estimate of drug-likeness (QED) is 0.927. The third kappa shape index (κ3) is 3.45. The molecule has 0 heterocycles. The van der Waals surface area contributed by atoms with Crippen molar-refractivity contribution in [1.82, 2.24) is 5.32 Å². The van der Waals surface area contributed by atoms with Crippen LogP contribution in [-0.2, 0) is 17.0 Å². The summed E-state index contributed by atoms with van der Waals surface area (Å²) in [5.41, 5.74) is -0.895. The van der Waals surface area contributed by atoms with E-state index < -0.39 is 33.2 Å². The van der Waals surface area contributed by atoms with Crippen LogP contribution in [0.15, 0.2) is 24.3 Å². The highest BCUT2D eigenvalue weighted by Gasteiger charge is 2.41. The Morgan fingerprint density at radius 1 is 1.38 bits per heavy atom. The van der Waals surface area contributed by atoms with Crippen molar-refractivity contribution in [3.63, 3.8) is 0 Å². The van der Waals surface area contributed by atoms with Gasteiger partial charge in [0.2, 0.25) is 0 Å². The second-order valence-corrected chi connectivity index (χ2v) is 7.03. The van der Waals surface area contributed by atoms with Crippen molar-refractivity contribution in [2.45, 2.75) is 30.2 Å². The van der Waals surface area contributed by atoms with Crippen LogP contribution in [0.2, 0.25) is 0 Å². The molecule has 0 radical (unpaired) electrons. The highest BCUT2D eigenvalue weighted by Crippen LogP contribution is 2.36. The second-order valence-electron chi connectivity index (χ2n) is 5.25. The number of hydrogen-bond acceptors (Lipinski definition) is 2. The molecule has 1 atom stereocenters. The minimum atomic E-state index is -4.48. The van der Waals surface area contributed by atoms with E-state index in [1.807, 2.05) is 0 Å². The maximum atomic E-state index is 12.6. The summed E-state index contributed by atoms with van der Waals surface area (Å²) in [5, 5.41) is 2.60. The zero-order valence-corrected chi connectivity index (χ0v) is 12.3. The van der Waals surface area contributed by atoms with Crippen molar-refractivity contribution in [1.29, 1.82) is 0 Å². The SMILES string of the molecule is CS(=O)C1(CNC(=O)c2cccc(C(F)(F)F)c2)CCC1. The summed E-state index contributed by atoms with van der Waals surface area (Å²) < 4.78 is 49.1. The molecule has 1 saturated carbocycles. The van der Waals surface area contributed by atoms with Crippen molar-refractivity contribution in [2.24, 2.45) is 0 Å². The van der Waals surface area contributed by atoms with Gasteiger partial charge in [0, 0.05) is 29.2 Å². The summed E-state index contributed by atoms with van der Waals surface area (Å²) in [7, 11) is -1.07. The molecule has 7 heteroatoms. The Balaban J connectivity index is 2.06. The minimum absolute atomic E-state index is 0.0406. The van der Waals surface area contributed by atoms with E-state index in [1.165, 1.54) is 12.1 Å². The lowest BCUT2D eigenvalue weighted by molar-refractivity contribution is -0.137. The Morgan fingerprint density at radius 2 is 2.05 bits per heavy atom. The van der Waals surface area contributed by atoms with E-state index in [4.69, 9.17) is 0 Å². The molecule has 0 aliphatic heterocycles. The summed E-state index contributed by atoms with van der Waals surface area (Å²) in [6.07, 6.45) is -0.400. The molecule has 1 fully saturated rings. The number of alkyl halides is 3. The first-order valence-corrected chi connectivity index (χ1v) is 8.09. The van der Waals surface area contributed by atoms with Gasteiger partial charge in [-0.05, 0) is 31.0 Å². The Morgan fingerprint density at radius 3 is 2.52 bits per heavy atom. The fraction of sp³-hybridized carbons (Fsp3) is 0.500. The molecule has 1 N–H and O–H groups in total. The molecule has 1 aromatic carbocycles. The molecule has 0 saturated heterocycles. The van der Waals surface area contributed by atoms with E-state index in [9.17, 15) is 22.2 Å². The smallest absolute Gasteiger partial charge is 0.351 e. The molecular formula is C14H16F3NO2S. The highest BCUT2D eigenvalue weighted by atomic mass is 32.2. The van der Waals surface area contributed by atoms with Crippen LogP contribution in [0.3, 0.4) is 0 Å². The molecule has 0 aromatic heterocycles. The monoisotopic (exact) mass is 319 g/mol. The van der Waals surface area contributed by atoms with E-state index in [-0.39, 0.29) is 12.1 Å². The molecule has 1 amide bonds. The van der Waals surface area contributed by atoms with Gasteiger partial charge in [0.1, 0.15) is 0 Å². The van der Waals surface area contributed by atoms with E-state index >= 15 is 0 Å². The Bertz CT molecular complexity index is 568. The van der Waals surface area contributed by atoms with Crippen LogP contribution in [-0.4, -0.2) is 27.7 Å². The van der Waals surface area contributed by atoms with Crippen LogP contribution >= 0.6 is 0 Å². The van der Waals surface area contributed by atoms with Gasteiger partial charge in [-0.15, -0.1) is 0 Å². The van der Waals surface area contributed by atoms with Gasteiger partial charge >= 0.3 is 6.18 Å². The Hall–Kier alpha value is -1.37. The third-order valence-electron chi connectivity index (χ3n) is 3.90. The normalized spacial score (nSPS) is 18.7. The number of halogens is 3. The predicted molar refractivity (Wildman–Crippen MR) is 74.4 cm³/mol. The van der Waals surface area contributed by atoms with Crippen LogP contribution in [0.5, 0.6) is 0 Å². The number of rotatable bonds is 4. The standard InChI is InChI=1S/C14H16F3NO2S/c1-21(20)13(6-3-7-13)9-18-12(19)10-4-2-5-11(8-10)14(15,16)17/h2,4-5,8H,3,6-7,9H2,1H3,(H,18,19). The van der Waals surface area contributed by atoms with Crippen molar-refractivity contribution in [3.8, 4) is 0 Å². The molecule has 0 bridgehead atoms. The summed E-state index contributed by atoms with van der Waals surface area (Å²) in [6.45, 7) is 0.227. The number of carbonyl (C=O) groups is 1. The van der Waals surface area contributed by atoms with Crippen molar-refractivity contribution >= 4 is 16.7 Å². The number of amides is 1. The maximum Gasteiger partial charge on any atom is 0.416 e. The number of benzene rings is 1. The van der Waals surface area contributed by atoms with Gasteiger partial charge in [-0.2, -0.15) is 13.2 Å². The van der Waals surface area contributed by atoms with E-state index in [1.54, 1.807) is 6.26 Å². The van der Waals surface area contributed by atoms with E-state index in [0.717, 1.165) is 31.4 Å². The van der Waals surface area contributed by atoms with Crippen molar-refractivity contribution < 1.29 is 22.2 Å². The number of carbonyl (C=O) groups excluding carboxylic acids is 1. The maximum absolute atomic E-state index is 12.6. The van der Waals surface area contributed by atoms with Gasteiger partial charge in [-0.1, -0.05) is 12.5 Å². The first-order chi connectivity index (χ1) is 9.74. The molecule has 116 valence electrons.